The maximum absolute atomic E-state index is 11.7. The molecule has 1 heterocycles. The highest BCUT2D eigenvalue weighted by Gasteiger charge is 2.44. The van der Waals surface area contributed by atoms with Gasteiger partial charge in [-0.3, -0.25) is 14.6 Å². The number of rotatable bonds is 4. The number of carbonyl (C=O) groups excluding carboxylic acids is 2. The van der Waals surface area contributed by atoms with E-state index in [2.05, 4.69) is 9.72 Å². The molecule has 0 bridgehead atoms. The van der Waals surface area contributed by atoms with Crippen LogP contribution in [0.5, 0.6) is 0 Å². The number of nitrogens with zero attached hydrogens (tertiary/aromatic N) is 1. The molecule has 1 aromatic rings. The van der Waals surface area contributed by atoms with Crippen molar-refractivity contribution in [1.82, 2.24) is 4.98 Å². The Labute approximate surface area is 100 Å². The molecular weight excluding hydrogens is 218 g/mol. The van der Waals surface area contributed by atoms with Gasteiger partial charge in [-0.2, -0.15) is 0 Å². The van der Waals surface area contributed by atoms with Crippen molar-refractivity contribution >= 4 is 11.8 Å². The number of ketones is 1. The van der Waals surface area contributed by atoms with Crippen LogP contribution in [0.25, 0.3) is 0 Å². The van der Waals surface area contributed by atoms with Crippen molar-refractivity contribution in [3.8, 4) is 0 Å². The van der Waals surface area contributed by atoms with Crippen LogP contribution in [0.1, 0.15) is 30.0 Å². The summed E-state index contributed by atoms with van der Waals surface area (Å²) in [5.74, 6) is -0.362. The van der Waals surface area contributed by atoms with Gasteiger partial charge in [0, 0.05) is 23.7 Å². The predicted octanol–water partition coefficient (Wildman–Crippen LogP) is 1.63. The Morgan fingerprint density at radius 2 is 2.24 bits per heavy atom. The molecule has 0 radical (unpaired) electrons. The van der Waals surface area contributed by atoms with E-state index in [0.717, 1.165) is 17.7 Å². The Bertz CT molecular complexity index is 438. The molecule has 2 atom stereocenters. The van der Waals surface area contributed by atoms with Gasteiger partial charge in [-0.25, -0.2) is 0 Å². The number of carbonyl (C=O) groups is 2. The van der Waals surface area contributed by atoms with Gasteiger partial charge in [0.05, 0.1) is 7.11 Å². The van der Waals surface area contributed by atoms with E-state index in [-0.39, 0.29) is 24.0 Å². The zero-order valence-electron chi connectivity index (χ0n) is 9.97. The molecule has 2 rings (SSSR count). The summed E-state index contributed by atoms with van der Waals surface area (Å²) in [6, 6.07) is 3.94. The van der Waals surface area contributed by atoms with E-state index in [1.165, 1.54) is 7.11 Å². The molecule has 1 saturated carbocycles. The summed E-state index contributed by atoms with van der Waals surface area (Å²) in [4.78, 5) is 27.0. The number of methoxy groups -OCH3 is 1. The van der Waals surface area contributed by atoms with E-state index in [0.29, 0.717) is 0 Å². The standard InChI is InChI=1S/C13H15NO3/c1-8-3-4-11(14-7-8)9-5-10(9)12(15)6-13(16)17-2/h3-4,7,9-10H,5-6H2,1-2H3. The predicted molar refractivity (Wildman–Crippen MR) is 61.5 cm³/mol. The lowest BCUT2D eigenvalue weighted by Gasteiger charge is -2.00. The van der Waals surface area contributed by atoms with Crippen LogP contribution < -0.4 is 0 Å². The van der Waals surface area contributed by atoms with Gasteiger partial charge in [-0.15, -0.1) is 0 Å². The Morgan fingerprint density at radius 3 is 2.82 bits per heavy atom. The highest BCUT2D eigenvalue weighted by atomic mass is 16.5. The van der Waals surface area contributed by atoms with Crippen LogP contribution in [0.15, 0.2) is 18.3 Å². The van der Waals surface area contributed by atoms with E-state index < -0.39 is 5.97 Å². The van der Waals surface area contributed by atoms with Gasteiger partial charge in [0.25, 0.3) is 0 Å². The minimum absolute atomic E-state index is 0.0378. The largest absolute Gasteiger partial charge is 0.469 e. The Hall–Kier alpha value is -1.71. The summed E-state index contributed by atoms with van der Waals surface area (Å²) >= 11 is 0. The number of aromatic nitrogens is 1. The third-order valence-electron chi connectivity index (χ3n) is 3.06. The zero-order valence-corrected chi connectivity index (χ0v) is 9.97. The fraction of sp³-hybridized carbons (Fsp3) is 0.462. The third kappa shape index (κ3) is 2.70. The van der Waals surface area contributed by atoms with Gasteiger partial charge < -0.3 is 4.74 Å². The first-order valence-electron chi connectivity index (χ1n) is 5.64. The molecule has 0 N–H and O–H groups in total. The Balaban J connectivity index is 1.94. The number of esters is 1. The lowest BCUT2D eigenvalue weighted by atomic mass is 10.1. The molecule has 0 aliphatic heterocycles. The molecule has 4 nitrogen and oxygen atoms in total. The molecule has 1 aromatic heterocycles. The van der Waals surface area contributed by atoms with Crippen LogP contribution in [0.4, 0.5) is 0 Å². The van der Waals surface area contributed by atoms with Crippen LogP contribution in [-0.4, -0.2) is 23.8 Å². The van der Waals surface area contributed by atoms with Crippen molar-refractivity contribution in [2.45, 2.75) is 25.7 Å². The highest BCUT2D eigenvalue weighted by molar-refractivity contribution is 5.98. The number of pyridine rings is 1. The molecule has 90 valence electrons. The van der Waals surface area contributed by atoms with Crippen LogP contribution >= 0.6 is 0 Å². The minimum Gasteiger partial charge on any atom is -0.469 e. The van der Waals surface area contributed by atoms with Gasteiger partial charge in [-0.05, 0) is 25.0 Å². The summed E-state index contributed by atoms with van der Waals surface area (Å²) in [7, 11) is 1.29. The van der Waals surface area contributed by atoms with E-state index in [4.69, 9.17) is 0 Å². The Morgan fingerprint density at radius 1 is 1.47 bits per heavy atom. The lowest BCUT2D eigenvalue weighted by molar-refractivity contribution is -0.143. The highest BCUT2D eigenvalue weighted by Crippen LogP contribution is 2.47. The Kier molecular flexibility index (Phi) is 3.22. The van der Waals surface area contributed by atoms with Crippen LogP contribution in [0, 0.1) is 12.8 Å². The fourth-order valence-corrected chi connectivity index (χ4v) is 1.92. The monoisotopic (exact) mass is 233 g/mol. The SMILES string of the molecule is COC(=O)CC(=O)C1CC1c1ccc(C)cn1. The summed E-state index contributed by atoms with van der Waals surface area (Å²) < 4.78 is 4.48. The van der Waals surface area contributed by atoms with Gasteiger partial charge in [0.1, 0.15) is 12.2 Å². The maximum atomic E-state index is 11.7. The second-order valence-electron chi connectivity index (χ2n) is 4.43. The van der Waals surface area contributed by atoms with Crippen LogP contribution in [0.3, 0.4) is 0 Å². The number of ether oxygens (including phenoxy) is 1. The summed E-state index contributed by atoms with van der Waals surface area (Å²) in [5, 5.41) is 0. The second kappa shape index (κ2) is 4.65. The van der Waals surface area contributed by atoms with Crippen molar-refractivity contribution in [1.29, 1.82) is 0 Å². The molecule has 0 aromatic carbocycles. The number of hydrogen-bond donors (Lipinski definition) is 0. The topological polar surface area (TPSA) is 56.3 Å². The molecule has 0 amide bonds. The van der Waals surface area contributed by atoms with E-state index in [9.17, 15) is 9.59 Å². The fourth-order valence-electron chi connectivity index (χ4n) is 1.92. The summed E-state index contributed by atoms with van der Waals surface area (Å²) in [6.45, 7) is 1.98. The number of Topliss-reactive ketones (excluding diaryl/α,β-unsaturated/α-hetero) is 1. The van der Waals surface area contributed by atoms with Crippen LogP contribution in [-0.2, 0) is 14.3 Å². The van der Waals surface area contributed by atoms with Crippen molar-refractivity contribution in [2.75, 3.05) is 7.11 Å². The molecule has 17 heavy (non-hydrogen) atoms. The molecule has 4 heteroatoms. The van der Waals surface area contributed by atoms with Crippen molar-refractivity contribution in [3.63, 3.8) is 0 Å². The van der Waals surface area contributed by atoms with Gasteiger partial charge >= 0.3 is 5.97 Å². The minimum atomic E-state index is -0.461. The number of aryl methyl sites for hydroxylation is 1. The van der Waals surface area contributed by atoms with Gasteiger partial charge in [-0.1, -0.05) is 6.07 Å². The lowest BCUT2D eigenvalue weighted by Crippen LogP contribution is -2.11. The average Bonchev–Trinajstić information content (AvgIpc) is 3.10. The normalized spacial score (nSPS) is 22.0. The van der Waals surface area contributed by atoms with E-state index in [1.54, 1.807) is 6.20 Å². The third-order valence-corrected chi connectivity index (χ3v) is 3.06. The zero-order chi connectivity index (χ0) is 12.4. The molecule has 0 spiro atoms. The maximum Gasteiger partial charge on any atom is 0.313 e. The molecule has 1 aliphatic rings. The average molecular weight is 233 g/mol. The summed E-state index contributed by atoms with van der Waals surface area (Å²) in [5.41, 5.74) is 2.05. The van der Waals surface area contributed by atoms with Gasteiger partial charge in [0.15, 0.2) is 0 Å². The van der Waals surface area contributed by atoms with Crippen LogP contribution in [0.2, 0.25) is 0 Å². The van der Waals surface area contributed by atoms with Crippen molar-refractivity contribution < 1.29 is 14.3 Å². The quantitative estimate of drug-likeness (QED) is 0.586. The molecule has 1 fully saturated rings. The van der Waals surface area contributed by atoms with Crippen molar-refractivity contribution in [2.24, 2.45) is 5.92 Å². The molecule has 1 aliphatic carbocycles. The first kappa shape index (κ1) is 11.8. The second-order valence-corrected chi connectivity index (χ2v) is 4.43. The van der Waals surface area contributed by atoms with Gasteiger partial charge in [0.2, 0.25) is 0 Å². The first-order chi connectivity index (χ1) is 8.11. The summed E-state index contributed by atoms with van der Waals surface area (Å²) in [6.07, 6.45) is 2.48. The molecule has 0 saturated heterocycles. The number of hydrogen-bond acceptors (Lipinski definition) is 4. The molecular formula is C13H15NO3. The molecule has 2 unspecified atom stereocenters. The van der Waals surface area contributed by atoms with E-state index in [1.807, 2.05) is 19.1 Å². The smallest absolute Gasteiger partial charge is 0.313 e. The van der Waals surface area contributed by atoms with Crippen molar-refractivity contribution in [3.05, 3.63) is 29.6 Å². The van der Waals surface area contributed by atoms with E-state index >= 15 is 0 Å². The first-order valence-corrected chi connectivity index (χ1v) is 5.64.